The highest BCUT2D eigenvalue weighted by Gasteiger charge is 2.10. The van der Waals surface area contributed by atoms with Crippen molar-refractivity contribution in [3.63, 3.8) is 0 Å². The van der Waals surface area contributed by atoms with Gasteiger partial charge in [-0.2, -0.15) is 5.10 Å². The fourth-order valence-electron chi connectivity index (χ4n) is 1.10. The predicted molar refractivity (Wildman–Crippen MR) is 55.4 cm³/mol. The van der Waals surface area contributed by atoms with E-state index in [4.69, 9.17) is 5.73 Å². The van der Waals surface area contributed by atoms with Crippen molar-refractivity contribution in [2.75, 3.05) is 5.73 Å². The van der Waals surface area contributed by atoms with Crippen LogP contribution in [0.4, 0.5) is 5.69 Å². The lowest BCUT2D eigenvalue weighted by molar-refractivity contribution is 0.340. The molecule has 0 fully saturated rings. The van der Waals surface area contributed by atoms with Gasteiger partial charge in [0.25, 0.3) is 0 Å². The lowest BCUT2D eigenvalue weighted by Crippen LogP contribution is -2.10. The molecule has 0 amide bonds. The van der Waals surface area contributed by atoms with Gasteiger partial charge < -0.3 is 5.73 Å². The lowest BCUT2D eigenvalue weighted by Gasteiger charge is -2.17. The Morgan fingerprint density at radius 2 is 2.08 bits per heavy atom. The Hall–Kier alpha value is -0.990. The van der Waals surface area contributed by atoms with Gasteiger partial charge in [-0.25, -0.2) is 0 Å². The van der Waals surface area contributed by atoms with Crippen LogP contribution >= 0.6 is 0 Å². The SMILES string of the molecule is Cc1nn(CCC(C)(C)C)cc1N. The topological polar surface area (TPSA) is 43.8 Å². The Labute approximate surface area is 79.9 Å². The third kappa shape index (κ3) is 3.09. The summed E-state index contributed by atoms with van der Waals surface area (Å²) in [5.74, 6) is 0. The largest absolute Gasteiger partial charge is 0.396 e. The highest BCUT2D eigenvalue weighted by atomic mass is 15.3. The number of aryl methyl sites for hydroxylation is 2. The smallest absolute Gasteiger partial charge is 0.0822 e. The van der Waals surface area contributed by atoms with E-state index in [2.05, 4.69) is 25.9 Å². The third-order valence-corrected chi connectivity index (χ3v) is 2.08. The van der Waals surface area contributed by atoms with Crippen LogP contribution in [0.2, 0.25) is 0 Å². The van der Waals surface area contributed by atoms with E-state index in [-0.39, 0.29) is 0 Å². The van der Waals surface area contributed by atoms with E-state index < -0.39 is 0 Å². The van der Waals surface area contributed by atoms with Crippen molar-refractivity contribution in [1.29, 1.82) is 0 Å². The Morgan fingerprint density at radius 1 is 1.46 bits per heavy atom. The Kier molecular flexibility index (Phi) is 2.64. The first-order chi connectivity index (χ1) is 5.88. The standard InChI is InChI=1S/C10H19N3/c1-8-9(11)7-13(12-8)6-5-10(2,3)4/h7H,5-6,11H2,1-4H3. The van der Waals surface area contributed by atoms with Crippen LogP contribution in [-0.4, -0.2) is 9.78 Å². The fourth-order valence-corrected chi connectivity index (χ4v) is 1.10. The van der Waals surface area contributed by atoms with Crippen molar-refractivity contribution >= 4 is 5.69 Å². The second-order valence-corrected chi connectivity index (χ2v) is 4.74. The van der Waals surface area contributed by atoms with Crippen LogP contribution in [0.25, 0.3) is 0 Å². The molecular weight excluding hydrogens is 162 g/mol. The highest BCUT2D eigenvalue weighted by Crippen LogP contribution is 2.19. The van der Waals surface area contributed by atoms with E-state index in [0.29, 0.717) is 5.41 Å². The summed E-state index contributed by atoms with van der Waals surface area (Å²) >= 11 is 0. The summed E-state index contributed by atoms with van der Waals surface area (Å²) in [7, 11) is 0. The first-order valence-corrected chi connectivity index (χ1v) is 4.68. The molecule has 3 heteroatoms. The summed E-state index contributed by atoms with van der Waals surface area (Å²) in [6.07, 6.45) is 3.02. The molecule has 0 saturated heterocycles. The summed E-state index contributed by atoms with van der Waals surface area (Å²) in [6.45, 7) is 9.57. The minimum Gasteiger partial charge on any atom is -0.396 e. The predicted octanol–water partition coefficient (Wildman–Crippen LogP) is 2.21. The van der Waals surface area contributed by atoms with Gasteiger partial charge in [-0.05, 0) is 18.8 Å². The van der Waals surface area contributed by atoms with Crippen LogP contribution in [0.3, 0.4) is 0 Å². The van der Waals surface area contributed by atoms with Crippen molar-refractivity contribution in [3.8, 4) is 0 Å². The first kappa shape index (κ1) is 10.1. The van der Waals surface area contributed by atoms with Gasteiger partial charge in [-0.15, -0.1) is 0 Å². The van der Waals surface area contributed by atoms with Crippen LogP contribution in [0.1, 0.15) is 32.9 Å². The molecule has 3 nitrogen and oxygen atoms in total. The molecule has 74 valence electrons. The van der Waals surface area contributed by atoms with Gasteiger partial charge in [0.1, 0.15) is 0 Å². The Bertz CT molecular complexity index is 261. The number of anilines is 1. The number of hydrogen-bond donors (Lipinski definition) is 1. The zero-order chi connectivity index (χ0) is 10.1. The average molecular weight is 181 g/mol. The molecule has 0 radical (unpaired) electrons. The summed E-state index contributed by atoms with van der Waals surface area (Å²) < 4.78 is 1.93. The number of aromatic nitrogens is 2. The molecule has 0 aromatic carbocycles. The molecule has 13 heavy (non-hydrogen) atoms. The van der Waals surface area contributed by atoms with Crippen LogP contribution in [-0.2, 0) is 6.54 Å². The number of nitrogen functional groups attached to an aromatic ring is 1. The maximum atomic E-state index is 5.70. The fraction of sp³-hybridized carbons (Fsp3) is 0.700. The number of nitrogens with zero attached hydrogens (tertiary/aromatic N) is 2. The number of rotatable bonds is 2. The van der Waals surface area contributed by atoms with Crippen molar-refractivity contribution in [1.82, 2.24) is 9.78 Å². The minimum absolute atomic E-state index is 0.356. The van der Waals surface area contributed by atoms with E-state index in [1.807, 2.05) is 17.8 Å². The molecule has 1 rings (SSSR count). The van der Waals surface area contributed by atoms with Gasteiger partial charge in [-0.3, -0.25) is 4.68 Å². The van der Waals surface area contributed by atoms with Crippen molar-refractivity contribution in [2.24, 2.45) is 5.41 Å². The molecule has 1 heterocycles. The zero-order valence-corrected chi connectivity index (χ0v) is 8.96. The molecule has 1 aromatic rings. The third-order valence-electron chi connectivity index (χ3n) is 2.08. The van der Waals surface area contributed by atoms with Crippen LogP contribution in [0.15, 0.2) is 6.20 Å². The van der Waals surface area contributed by atoms with E-state index in [9.17, 15) is 0 Å². The van der Waals surface area contributed by atoms with Crippen molar-refractivity contribution in [3.05, 3.63) is 11.9 Å². The van der Waals surface area contributed by atoms with Crippen molar-refractivity contribution in [2.45, 2.75) is 40.7 Å². The van der Waals surface area contributed by atoms with Crippen molar-refractivity contribution < 1.29 is 0 Å². The van der Waals surface area contributed by atoms with E-state index >= 15 is 0 Å². The summed E-state index contributed by atoms with van der Waals surface area (Å²) in [6, 6.07) is 0. The number of nitrogens with two attached hydrogens (primary N) is 1. The molecule has 0 aliphatic heterocycles. The molecule has 0 bridgehead atoms. The van der Waals surface area contributed by atoms with E-state index in [1.54, 1.807) is 0 Å². The highest BCUT2D eigenvalue weighted by molar-refractivity contribution is 5.39. The molecular formula is C10H19N3. The first-order valence-electron chi connectivity index (χ1n) is 4.68. The van der Waals surface area contributed by atoms with Gasteiger partial charge >= 0.3 is 0 Å². The van der Waals surface area contributed by atoms with Crippen LogP contribution < -0.4 is 5.73 Å². The van der Waals surface area contributed by atoms with Crippen LogP contribution in [0.5, 0.6) is 0 Å². The minimum atomic E-state index is 0.356. The second kappa shape index (κ2) is 3.40. The average Bonchev–Trinajstić information content (AvgIpc) is 2.27. The molecule has 0 spiro atoms. The monoisotopic (exact) mass is 181 g/mol. The maximum absolute atomic E-state index is 5.70. The Morgan fingerprint density at radius 3 is 2.46 bits per heavy atom. The molecule has 0 saturated carbocycles. The summed E-state index contributed by atoms with van der Waals surface area (Å²) in [4.78, 5) is 0. The molecule has 0 aliphatic carbocycles. The normalized spacial score (nSPS) is 12.0. The maximum Gasteiger partial charge on any atom is 0.0822 e. The van der Waals surface area contributed by atoms with Gasteiger partial charge in [0.05, 0.1) is 11.4 Å². The molecule has 0 aliphatic rings. The Balaban J connectivity index is 2.56. The lowest BCUT2D eigenvalue weighted by atomic mass is 9.92. The molecule has 2 N–H and O–H groups in total. The van der Waals surface area contributed by atoms with E-state index in [1.165, 1.54) is 0 Å². The zero-order valence-electron chi connectivity index (χ0n) is 8.96. The quantitative estimate of drug-likeness (QED) is 0.760. The summed E-state index contributed by atoms with van der Waals surface area (Å²) in [5, 5.41) is 4.30. The van der Waals surface area contributed by atoms with Gasteiger partial charge in [0, 0.05) is 12.7 Å². The van der Waals surface area contributed by atoms with Gasteiger partial charge in [0.15, 0.2) is 0 Å². The molecule has 0 atom stereocenters. The second-order valence-electron chi connectivity index (χ2n) is 4.74. The number of hydrogen-bond acceptors (Lipinski definition) is 2. The molecule has 0 unspecified atom stereocenters. The van der Waals surface area contributed by atoms with Gasteiger partial charge in [-0.1, -0.05) is 20.8 Å². The van der Waals surface area contributed by atoms with Crippen LogP contribution in [0, 0.1) is 12.3 Å². The van der Waals surface area contributed by atoms with Gasteiger partial charge in [0.2, 0.25) is 0 Å². The summed E-state index contributed by atoms with van der Waals surface area (Å²) in [5.41, 5.74) is 7.76. The van der Waals surface area contributed by atoms with E-state index in [0.717, 1.165) is 24.3 Å². The molecule has 1 aromatic heterocycles.